The molecule has 142 valence electrons. The molecule has 1 unspecified atom stereocenters. The van der Waals surface area contributed by atoms with Crippen molar-refractivity contribution in [3.63, 3.8) is 0 Å². The molecule has 2 fully saturated rings. The number of amides is 2. The van der Waals surface area contributed by atoms with Gasteiger partial charge in [0, 0.05) is 12.1 Å². The Bertz CT molecular complexity index is 654. The molecule has 1 aliphatic carbocycles. The van der Waals surface area contributed by atoms with Crippen LogP contribution in [0.15, 0.2) is 24.3 Å². The summed E-state index contributed by atoms with van der Waals surface area (Å²) in [6.07, 6.45) is 4.50. The number of benzene rings is 1. The Balaban J connectivity index is 1.88. The molecule has 26 heavy (non-hydrogen) atoms. The lowest BCUT2D eigenvalue weighted by Gasteiger charge is -2.41. The van der Waals surface area contributed by atoms with E-state index in [1.807, 2.05) is 13.8 Å². The van der Waals surface area contributed by atoms with Crippen molar-refractivity contribution in [2.45, 2.75) is 57.7 Å². The molecular formula is C20H27FN2O3. The molecule has 2 amide bonds. The van der Waals surface area contributed by atoms with E-state index >= 15 is 0 Å². The molecular weight excluding hydrogens is 335 g/mol. The maximum Gasteiger partial charge on any atom is 0.256 e. The predicted octanol–water partition coefficient (Wildman–Crippen LogP) is 3.10. The van der Waals surface area contributed by atoms with E-state index in [-0.39, 0.29) is 18.4 Å². The van der Waals surface area contributed by atoms with E-state index in [0.29, 0.717) is 18.0 Å². The van der Waals surface area contributed by atoms with Crippen molar-refractivity contribution < 1.29 is 18.7 Å². The van der Waals surface area contributed by atoms with Crippen LogP contribution < -0.4 is 5.32 Å². The van der Waals surface area contributed by atoms with E-state index in [0.717, 1.165) is 32.1 Å². The Morgan fingerprint density at radius 2 is 1.88 bits per heavy atom. The third-order valence-electron chi connectivity index (χ3n) is 5.19. The lowest BCUT2D eigenvalue weighted by Crippen LogP contribution is -2.56. The van der Waals surface area contributed by atoms with Gasteiger partial charge in [-0.3, -0.25) is 14.5 Å². The van der Waals surface area contributed by atoms with Gasteiger partial charge in [0.1, 0.15) is 17.6 Å². The third kappa shape index (κ3) is 3.75. The number of carbonyl (C=O) groups excluding carboxylic acids is 2. The minimum Gasteiger partial charge on any atom is -0.354 e. The van der Waals surface area contributed by atoms with Crippen molar-refractivity contribution >= 4 is 11.8 Å². The zero-order chi connectivity index (χ0) is 18.7. The van der Waals surface area contributed by atoms with Crippen LogP contribution in [0.1, 0.15) is 56.3 Å². The first-order valence-corrected chi connectivity index (χ1v) is 9.44. The molecule has 1 aromatic carbocycles. The van der Waals surface area contributed by atoms with E-state index in [4.69, 9.17) is 4.74 Å². The van der Waals surface area contributed by atoms with Gasteiger partial charge in [-0.25, -0.2) is 4.39 Å². The van der Waals surface area contributed by atoms with Gasteiger partial charge >= 0.3 is 0 Å². The first kappa shape index (κ1) is 18.8. The fourth-order valence-electron chi connectivity index (χ4n) is 3.83. The molecule has 0 bridgehead atoms. The predicted molar refractivity (Wildman–Crippen MR) is 96.0 cm³/mol. The molecule has 2 aliphatic rings. The molecule has 0 aromatic heterocycles. The number of halogens is 1. The van der Waals surface area contributed by atoms with Crippen LogP contribution in [0.3, 0.4) is 0 Å². The second kappa shape index (κ2) is 7.74. The van der Waals surface area contributed by atoms with Gasteiger partial charge in [0.05, 0.1) is 6.61 Å². The zero-order valence-electron chi connectivity index (χ0n) is 15.5. The normalized spacial score (nSPS) is 22.0. The van der Waals surface area contributed by atoms with Crippen LogP contribution in [0, 0.1) is 11.7 Å². The summed E-state index contributed by atoms with van der Waals surface area (Å²) in [5, 5.41) is 2.92. The van der Waals surface area contributed by atoms with Crippen LogP contribution in [0.5, 0.6) is 0 Å². The molecule has 1 heterocycles. The average Bonchev–Trinajstić information content (AvgIpc) is 2.99. The highest BCUT2D eigenvalue weighted by Gasteiger charge is 2.52. The Kier molecular flexibility index (Phi) is 5.61. The number of nitrogens with one attached hydrogen (secondary N) is 1. The Morgan fingerprint density at radius 1 is 1.23 bits per heavy atom. The molecule has 1 aromatic rings. The van der Waals surface area contributed by atoms with Crippen molar-refractivity contribution in [3.05, 3.63) is 35.6 Å². The molecule has 6 heteroatoms. The van der Waals surface area contributed by atoms with Gasteiger partial charge < -0.3 is 10.1 Å². The number of nitrogens with zero attached hydrogens (tertiary/aromatic N) is 1. The van der Waals surface area contributed by atoms with Gasteiger partial charge in [0.25, 0.3) is 5.91 Å². The number of ether oxygens (including phenoxy) is 1. The molecule has 5 nitrogen and oxygen atoms in total. The molecule has 1 saturated heterocycles. The van der Waals surface area contributed by atoms with Gasteiger partial charge in [0.15, 0.2) is 0 Å². The molecule has 1 aliphatic heterocycles. The Hall–Kier alpha value is -1.95. The van der Waals surface area contributed by atoms with Crippen molar-refractivity contribution in [2.24, 2.45) is 5.92 Å². The molecule has 1 atom stereocenters. The second-order valence-corrected chi connectivity index (χ2v) is 7.65. The third-order valence-corrected chi connectivity index (χ3v) is 5.19. The van der Waals surface area contributed by atoms with Crippen LogP contribution >= 0.6 is 0 Å². The highest BCUT2D eigenvalue weighted by molar-refractivity contribution is 5.98. The summed E-state index contributed by atoms with van der Waals surface area (Å²) in [5.41, 5.74) is -0.340. The largest absolute Gasteiger partial charge is 0.354 e. The second-order valence-electron chi connectivity index (χ2n) is 7.65. The van der Waals surface area contributed by atoms with E-state index in [1.165, 1.54) is 24.3 Å². The highest BCUT2D eigenvalue weighted by Crippen LogP contribution is 2.41. The fraction of sp³-hybridized carbons (Fsp3) is 0.600. The fourth-order valence-corrected chi connectivity index (χ4v) is 3.83. The lowest BCUT2D eigenvalue weighted by atomic mass is 9.89. The van der Waals surface area contributed by atoms with Crippen LogP contribution in [0.4, 0.5) is 4.39 Å². The number of hydrogen-bond donors (Lipinski definition) is 1. The minimum absolute atomic E-state index is 0.184. The standard InChI is InChI=1S/C20H27FN2O3/c1-14(2)12-22-18(24)17-13-26-20(10-4-3-5-11-20)23(17)19(25)15-6-8-16(21)9-7-15/h6-9,14,17H,3-5,10-13H2,1-2H3,(H,22,24). The topological polar surface area (TPSA) is 58.6 Å². The quantitative estimate of drug-likeness (QED) is 0.895. The Labute approximate surface area is 153 Å². The van der Waals surface area contributed by atoms with Gasteiger partial charge in [-0.15, -0.1) is 0 Å². The van der Waals surface area contributed by atoms with E-state index in [9.17, 15) is 14.0 Å². The number of rotatable bonds is 4. The van der Waals surface area contributed by atoms with Crippen molar-refractivity contribution in [1.29, 1.82) is 0 Å². The highest BCUT2D eigenvalue weighted by atomic mass is 19.1. The van der Waals surface area contributed by atoms with E-state index in [1.54, 1.807) is 4.90 Å². The average molecular weight is 362 g/mol. The summed E-state index contributed by atoms with van der Waals surface area (Å²) in [7, 11) is 0. The summed E-state index contributed by atoms with van der Waals surface area (Å²) in [4.78, 5) is 27.6. The van der Waals surface area contributed by atoms with Gasteiger partial charge in [0.2, 0.25) is 5.91 Å². The lowest BCUT2D eigenvalue weighted by molar-refractivity contribution is -0.127. The monoisotopic (exact) mass is 362 g/mol. The smallest absolute Gasteiger partial charge is 0.256 e. The van der Waals surface area contributed by atoms with Gasteiger partial charge in [-0.2, -0.15) is 0 Å². The van der Waals surface area contributed by atoms with Crippen LogP contribution in [-0.2, 0) is 9.53 Å². The van der Waals surface area contributed by atoms with Crippen molar-refractivity contribution in [2.75, 3.05) is 13.2 Å². The summed E-state index contributed by atoms with van der Waals surface area (Å²) < 4.78 is 19.3. The molecule has 1 spiro atoms. The van der Waals surface area contributed by atoms with Gasteiger partial charge in [-0.05, 0) is 55.9 Å². The summed E-state index contributed by atoms with van der Waals surface area (Å²) in [5.74, 6) is -0.519. The maximum absolute atomic E-state index is 13.2. The van der Waals surface area contributed by atoms with Crippen LogP contribution in [0.25, 0.3) is 0 Å². The van der Waals surface area contributed by atoms with E-state index in [2.05, 4.69) is 5.32 Å². The van der Waals surface area contributed by atoms with E-state index < -0.39 is 17.6 Å². The van der Waals surface area contributed by atoms with Crippen molar-refractivity contribution in [1.82, 2.24) is 10.2 Å². The maximum atomic E-state index is 13.2. The molecule has 1 saturated carbocycles. The minimum atomic E-state index is -0.719. The number of hydrogen-bond acceptors (Lipinski definition) is 3. The first-order chi connectivity index (χ1) is 12.4. The molecule has 1 N–H and O–H groups in total. The van der Waals surface area contributed by atoms with Gasteiger partial charge in [-0.1, -0.05) is 20.3 Å². The summed E-state index contributed by atoms with van der Waals surface area (Å²) in [6, 6.07) is 4.83. The summed E-state index contributed by atoms with van der Waals surface area (Å²) >= 11 is 0. The first-order valence-electron chi connectivity index (χ1n) is 9.44. The molecule has 0 radical (unpaired) electrons. The van der Waals surface area contributed by atoms with Crippen LogP contribution in [0.2, 0.25) is 0 Å². The Morgan fingerprint density at radius 3 is 2.50 bits per heavy atom. The van der Waals surface area contributed by atoms with Crippen molar-refractivity contribution in [3.8, 4) is 0 Å². The summed E-state index contributed by atoms with van der Waals surface area (Å²) in [6.45, 7) is 4.81. The molecule has 3 rings (SSSR count). The zero-order valence-corrected chi connectivity index (χ0v) is 15.5. The number of carbonyl (C=O) groups is 2. The SMILES string of the molecule is CC(C)CNC(=O)C1COC2(CCCCC2)N1C(=O)c1ccc(F)cc1. The van der Waals surface area contributed by atoms with Crippen LogP contribution in [-0.4, -0.2) is 41.6 Å².